The molecule has 3 N–H and O–H groups in total. The zero-order valence-corrected chi connectivity index (χ0v) is 10.3. The number of aliphatic hydroxyl groups is 1. The predicted molar refractivity (Wildman–Crippen MR) is 65.1 cm³/mol. The second-order valence-electron chi connectivity index (χ2n) is 4.68. The number of carboxylic acids is 2. The molecular formula is C13H18O5. The highest BCUT2D eigenvalue weighted by molar-refractivity contribution is 5.90. The Labute approximate surface area is 105 Å². The molecule has 1 atom stereocenters. The molecule has 0 heterocycles. The summed E-state index contributed by atoms with van der Waals surface area (Å²) in [5.74, 6) is -2.08. The van der Waals surface area contributed by atoms with E-state index in [1.807, 2.05) is 0 Å². The van der Waals surface area contributed by atoms with E-state index in [-0.39, 0.29) is 18.6 Å². The van der Waals surface area contributed by atoms with Gasteiger partial charge < -0.3 is 15.3 Å². The van der Waals surface area contributed by atoms with Crippen LogP contribution in [0.3, 0.4) is 0 Å². The summed E-state index contributed by atoms with van der Waals surface area (Å²) in [4.78, 5) is 22.5. The summed E-state index contributed by atoms with van der Waals surface area (Å²) < 4.78 is 0. The average molecular weight is 254 g/mol. The highest BCUT2D eigenvalue weighted by Crippen LogP contribution is 2.39. The topological polar surface area (TPSA) is 94.8 Å². The summed E-state index contributed by atoms with van der Waals surface area (Å²) in [5, 5.41) is 27.1. The largest absolute Gasteiger partial charge is 0.481 e. The van der Waals surface area contributed by atoms with Crippen LogP contribution in [0.15, 0.2) is 23.3 Å². The SMILES string of the molecule is CC1=CC(CCCCO)(C(=O)O)CC(C(=O)O)=C1. The predicted octanol–water partition coefficient (Wildman–Crippen LogP) is 1.58. The first-order valence-corrected chi connectivity index (χ1v) is 5.89. The number of carboxylic acid groups (broad SMARTS) is 2. The smallest absolute Gasteiger partial charge is 0.331 e. The van der Waals surface area contributed by atoms with Crippen molar-refractivity contribution in [3.05, 3.63) is 23.3 Å². The maximum absolute atomic E-state index is 11.5. The summed E-state index contributed by atoms with van der Waals surface area (Å²) in [6.45, 7) is 1.71. The average Bonchev–Trinajstić information content (AvgIpc) is 2.28. The lowest BCUT2D eigenvalue weighted by molar-refractivity contribution is -0.146. The van der Waals surface area contributed by atoms with Gasteiger partial charge in [-0.05, 0) is 38.7 Å². The monoisotopic (exact) mass is 254 g/mol. The van der Waals surface area contributed by atoms with E-state index in [9.17, 15) is 14.7 Å². The van der Waals surface area contributed by atoms with Gasteiger partial charge in [-0.2, -0.15) is 0 Å². The van der Waals surface area contributed by atoms with Gasteiger partial charge in [0, 0.05) is 12.2 Å². The van der Waals surface area contributed by atoms with Crippen LogP contribution in [0.1, 0.15) is 32.6 Å². The van der Waals surface area contributed by atoms with E-state index in [0.29, 0.717) is 24.8 Å². The molecule has 0 saturated carbocycles. The van der Waals surface area contributed by atoms with E-state index in [4.69, 9.17) is 10.2 Å². The third-order valence-corrected chi connectivity index (χ3v) is 3.14. The molecule has 0 spiro atoms. The van der Waals surface area contributed by atoms with Crippen LogP contribution in [0, 0.1) is 5.41 Å². The van der Waals surface area contributed by atoms with Crippen molar-refractivity contribution in [2.45, 2.75) is 32.6 Å². The molecule has 0 radical (unpaired) electrons. The van der Waals surface area contributed by atoms with E-state index in [1.165, 1.54) is 6.08 Å². The Bertz CT molecular complexity index is 408. The molecule has 100 valence electrons. The molecule has 1 aliphatic carbocycles. The zero-order valence-electron chi connectivity index (χ0n) is 10.3. The van der Waals surface area contributed by atoms with Crippen LogP contribution in [-0.4, -0.2) is 33.9 Å². The van der Waals surface area contributed by atoms with E-state index >= 15 is 0 Å². The van der Waals surface area contributed by atoms with Crippen molar-refractivity contribution in [1.82, 2.24) is 0 Å². The molecule has 0 fully saturated rings. The maximum Gasteiger partial charge on any atom is 0.331 e. The molecule has 0 aromatic rings. The van der Waals surface area contributed by atoms with Gasteiger partial charge in [0.1, 0.15) is 0 Å². The van der Waals surface area contributed by atoms with Crippen molar-refractivity contribution >= 4 is 11.9 Å². The quantitative estimate of drug-likeness (QED) is 0.625. The van der Waals surface area contributed by atoms with Crippen LogP contribution in [-0.2, 0) is 9.59 Å². The highest BCUT2D eigenvalue weighted by Gasteiger charge is 2.39. The lowest BCUT2D eigenvalue weighted by Crippen LogP contribution is -2.33. The van der Waals surface area contributed by atoms with Gasteiger partial charge in [-0.25, -0.2) is 4.79 Å². The number of allylic oxidation sites excluding steroid dienone is 2. The summed E-state index contributed by atoms with van der Waals surface area (Å²) in [7, 11) is 0. The number of rotatable bonds is 6. The summed E-state index contributed by atoms with van der Waals surface area (Å²) in [6.07, 6.45) is 4.55. The van der Waals surface area contributed by atoms with Gasteiger partial charge in [0.05, 0.1) is 5.41 Å². The molecule has 1 rings (SSSR count). The lowest BCUT2D eigenvalue weighted by atomic mass is 9.73. The van der Waals surface area contributed by atoms with Gasteiger partial charge in [0.2, 0.25) is 0 Å². The first-order valence-electron chi connectivity index (χ1n) is 5.89. The van der Waals surface area contributed by atoms with Gasteiger partial charge in [-0.3, -0.25) is 4.79 Å². The van der Waals surface area contributed by atoms with Crippen molar-refractivity contribution in [2.75, 3.05) is 6.61 Å². The van der Waals surface area contributed by atoms with Crippen molar-refractivity contribution < 1.29 is 24.9 Å². The third kappa shape index (κ3) is 3.20. The number of aliphatic carboxylic acids is 2. The van der Waals surface area contributed by atoms with Crippen LogP contribution >= 0.6 is 0 Å². The molecule has 5 heteroatoms. The fourth-order valence-electron chi connectivity index (χ4n) is 2.29. The van der Waals surface area contributed by atoms with Crippen molar-refractivity contribution in [1.29, 1.82) is 0 Å². The molecule has 0 aromatic carbocycles. The first kappa shape index (κ1) is 14.4. The number of aliphatic hydroxyl groups excluding tert-OH is 1. The number of hydrogen-bond acceptors (Lipinski definition) is 3. The Morgan fingerprint density at radius 1 is 1.33 bits per heavy atom. The highest BCUT2D eigenvalue weighted by atomic mass is 16.4. The summed E-state index contributed by atoms with van der Waals surface area (Å²) >= 11 is 0. The van der Waals surface area contributed by atoms with Crippen LogP contribution in [0.4, 0.5) is 0 Å². The Morgan fingerprint density at radius 2 is 2.00 bits per heavy atom. The van der Waals surface area contributed by atoms with Crippen LogP contribution < -0.4 is 0 Å². The van der Waals surface area contributed by atoms with Gasteiger partial charge in [0.15, 0.2) is 0 Å². The van der Waals surface area contributed by atoms with E-state index in [1.54, 1.807) is 13.0 Å². The van der Waals surface area contributed by atoms with E-state index in [0.717, 1.165) is 0 Å². The molecule has 18 heavy (non-hydrogen) atoms. The zero-order chi connectivity index (χ0) is 13.8. The minimum atomic E-state index is -1.15. The molecule has 0 saturated heterocycles. The van der Waals surface area contributed by atoms with Crippen molar-refractivity contribution in [3.63, 3.8) is 0 Å². The summed E-state index contributed by atoms with van der Waals surface area (Å²) in [6, 6.07) is 0. The molecule has 0 aromatic heterocycles. The Balaban J connectivity index is 2.96. The second-order valence-corrected chi connectivity index (χ2v) is 4.68. The van der Waals surface area contributed by atoms with E-state index in [2.05, 4.69) is 0 Å². The second kappa shape index (κ2) is 5.82. The van der Waals surface area contributed by atoms with Crippen LogP contribution in [0.25, 0.3) is 0 Å². The van der Waals surface area contributed by atoms with Gasteiger partial charge in [0.25, 0.3) is 0 Å². The van der Waals surface area contributed by atoms with Crippen molar-refractivity contribution in [2.24, 2.45) is 5.41 Å². The molecule has 5 nitrogen and oxygen atoms in total. The molecule has 0 aliphatic heterocycles. The fraction of sp³-hybridized carbons (Fsp3) is 0.538. The Morgan fingerprint density at radius 3 is 2.50 bits per heavy atom. The molecule has 1 unspecified atom stereocenters. The van der Waals surface area contributed by atoms with Gasteiger partial charge in [-0.1, -0.05) is 11.6 Å². The standard InChI is InChI=1S/C13H18O5/c1-9-6-10(11(15)16)8-13(7-9,12(17)18)4-2-3-5-14/h6-7,14H,2-5,8H2,1H3,(H,15,16)(H,17,18). The van der Waals surface area contributed by atoms with E-state index < -0.39 is 17.4 Å². The fourth-order valence-corrected chi connectivity index (χ4v) is 2.29. The molecule has 0 amide bonds. The van der Waals surface area contributed by atoms with Gasteiger partial charge in [-0.15, -0.1) is 0 Å². The van der Waals surface area contributed by atoms with Gasteiger partial charge >= 0.3 is 11.9 Å². The minimum absolute atomic E-state index is 0.000432. The molecule has 1 aliphatic rings. The number of hydrogen-bond donors (Lipinski definition) is 3. The third-order valence-electron chi connectivity index (χ3n) is 3.14. The maximum atomic E-state index is 11.5. The number of carbonyl (C=O) groups is 2. The minimum Gasteiger partial charge on any atom is -0.481 e. The van der Waals surface area contributed by atoms with Crippen LogP contribution in [0.2, 0.25) is 0 Å². The Hall–Kier alpha value is -1.62. The first-order chi connectivity index (χ1) is 8.41. The lowest BCUT2D eigenvalue weighted by Gasteiger charge is -2.30. The molecule has 0 bridgehead atoms. The number of unbranched alkanes of at least 4 members (excludes halogenated alkanes) is 1. The van der Waals surface area contributed by atoms with Crippen LogP contribution in [0.5, 0.6) is 0 Å². The Kier molecular flexibility index (Phi) is 4.67. The molecular weight excluding hydrogens is 236 g/mol. The normalized spacial score (nSPS) is 23.2. The summed E-state index contributed by atoms with van der Waals surface area (Å²) in [5.41, 5.74) is -0.367. The van der Waals surface area contributed by atoms with Crippen molar-refractivity contribution in [3.8, 4) is 0 Å².